The Labute approximate surface area is 216 Å². The van der Waals surface area contributed by atoms with E-state index in [9.17, 15) is 18.0 Å². The number of nitrogens with one attached hydrogen (secondary N) is 1. The zero-order valence-electron chi connectivity index (χ0n) is 20.2. The second-order valence-electron chi connectivity index (χ2n) is 8.08. The minimum Gasteiger partial charge on any atom is -0.457 e. The summed E-state index contributed by atoms with van der Waals surface area (Å²) in [6.07, 6.45) is 1.02. The Kier molecular flexibility index (Phi) is 8.95. The van der Waals surface area contributed by atoms with E-state index in [1.165, 1.54) is 11.9 Å². The first kappa shape index (κ1) is 27.0. The van der Waals surface area contributed by atoms with Crippen LogP contribution in [-0.4, -0.2) is 51.0 Å². The number of halogens is 1. The van der Waals surface area contributed by atoms with E-state index < -0.39 is 28.5 Å². The van der Waals surface area contributed by atoms with Gasteiger partial charge in [-0.05, 0) is 55.0 Å². The van der Waals surface area contributed by atoms with Crippen molar-refractivity contribution in [3.8, 4) is 11.5 Å². The fourth-order valence-electron chi connectivity index (χ4n) is 3.52. The molecule has 3 aromatic rings. The summed E-state index contributed by atoms with van der Waals surface area (Å²) in [4.78, 5) is 27.1. The van der Waals surface area contributed by atoms with E-state index in [0.717, 1.165) is 10.6 Å². The summed E-state index contributed by atoms with van der Waals surface area (Å²) in [6.45, 7) is 1.12. The van der Waals surface area contributed by atoms with Crippen LogP contribution in [0.5, 0.6) is 11.5 Å². The molecule has 2 amide bonds. The molecule has 0 bridgehead atoms. The Hall–Kier alpha value is -3.56. The van der Waals surface area contributed by atoms with Crippen LogP contribution in [0, 0.1) is 0 Å². The molecular formula is C26H28ClN3O5S. The minimum atomic E-state index is -3.83. The van der Waals surface area contributed by atoms with Crippen LogP contribution in [0.3, 0.4) is 0 Å². The molecule has 10 heteroatoms. The molecule has 0 radical (unpaired) electrons. The van der Waals surface area contributed by atoms with Crippen LogP contribution in [0.4, 0.5) is 5.69 Å². The maximum atomic E-state index is 13.4. The molecule has 3 rings (SSSR count). The smallest absolute Gasteiger partial charge is 0.244 e. The van der Waals surface area contributed by atoms with Gasteiger partial charge in [0.1, 0.15) is 24.1 Å². The van der Waals surface area contributed by atoms with Crippen LogP contribution in [0.15, 0.2) is 78.9 Å². The van der Waals surface area contributed by atoms with Gasteiger partial charge in [-0.15, -0.1) is 0 Å². The van der Waals surface area contributed by atoms with Crippen molar-refractivity contribution in [2.75, 3.05) is 24.2 Å². The summed E-state index contributed by atoms with van der Waals surface area (Å²) in [5.41, 5.74) is 0.924. The number of likely N-dealkylation sites (N-methyl/N-ethyl adjacent to an activating group) is 1. The first-order valence-electron chi connectivity index (χ1n) is 11.2. The lowest BCUT2D eigenvalue weighted by atomic mass is 10.1. The topological polar surface area (TPSA) is 96.0 Å². The fourth-order valence-corrected chi connectivity index (χ4v) is 4.57. The van der Waals surface area contributed by atoms with Gasteiger partial charge in [0.2, 0.25) is 21.8 Å². The number of hydrogen-bond donors (Lipinski definition) is 1. The monoisotopic (exact) mass is 529 g/mol. The molecule has 1 atom stereocenters. The molecule has 36 heavy (non-hydrogen) atoms. The average Bonchev–Trinajstić information content (AvgIpc) is 2.86. The second-order valence-corrected chi connectivity index (χ2v) is 10.4. The van der Waals surface area contributed by atoms with Gasteiger partial charge < -0.3 is 15.0 Å². The Morgan fingerprint density at radius 2 is 1.53 bits per heavy atom. The lowest BCUT2D eigenvalue weighted by Crippen LogP contribution is -2.50. The zero-order valence-corrected chi connectivity index (χ0v) is 21.8. The molecule has 0 aliphatic carbocycles. The van der Waals surface area contributed by atoms with Gasteiger partial charge in [-0.3, -0.25) is 13.9 Å². The molecule has 1 N–H and O–H groups in total. The standard InChI is InChI=1S/C26H28ClN3O5S/c1-19(26(32)28-2)29(17-20-9-7-8-12-24(20)27)25(31)18-30(36(3,33)34)21-13-15-23(16-14-21)35-22-10-5-4-6-11-22/h4-16,19H,17-18H2,1-3H3,(H,28,32)/t19-/m1/s1. The Morgan fingerprint density at radius 3 is 2.11 bits per heavy atom. The first-order chi connectivity index (χ1) is 17.1. The summed E-state index contributed by atoms with van der Waals surface area (Å²) < 4.78 is 32.1. The molecule has 0 aliphatic rings. The number of ether oxygens (including phenoxy) is 1. The van der Waals surface area contributed by atoms with Gasteiger partial charge in [0.25, 0.3) is 0 Å². The molecule has 0 fully saturated rings. The molecule has 0 heterocycles. The number of para-hydroxylation sites is 1. The van der Waals surface area contributed by atoms with E-state index in [0.29, 0.717) is 22.1 Å². The van der Waals surface area contributed by atoms with Crippen LogP contribution < -0.4 is 14.4 Å². The molecule has 0 unspecified atom stereocenters. The molecule has 190 valence electrons. The van der Waals surface area contributed by atoms with E-state index in [1.807, 2.05) is 18.2 Å². The van der Waals surface area contributed by atoms with Gasteiger partial charge in [-0.1, -0.05) is 48.0 Å². The number of carbonyl (C=O) groups is 2. The summed E-state index contributed by atoms with van der Waals surface area (Å²) in [6, 6.07) is 21.6. The van der Waals surface area contributed by atoms with Crippen molar-refractivity contribution >= 4 is 39.1 Å². The molecule has 0 aliphatic heterocycles. The van der Waals surface area contributed by atoms with Crippen molar-refractivity contribution in [3.63, 3.8) is 0 Å². The van der Waals surface area contributed by atoms with Crippen LogP contribution in [0.1, 0.15) is 12.5 Å². The maximum absolute atomic E-state index is 13.4. The first-order valence-corrected chi connectivity index (χ1v) is 13.4. The Morgan fingerprint density at radius 1 is 0.944 bits per heavy atom. The summed E-state index contributed by atoms with van der Waals surface area (Å²) in [7, 11) is -2.36. The number of benzene rings is 3. The Bertz CT molecular complexity index is 1300. The SMILES string of the molecule is CNC(=O)[C@@H](C)N(Cc1ccccc1Cl)C(=O)CN(c1ccc(Oc2ccccc2)cc1)S(C)(=O)=O. The van der Waals surface area contributed by atoms with Crippen molar-refractivity contribution in [2.45, 2.75) is 19.5 Å². The van der Waals surface area contributed by atoms with Gasteiger partial charge in [0.05, 0.1) is 11.9 Å². The van der Waals surface area contributed by atoms with Gasteiger partial charge >= 0.3 is 0 Å². The van der Waals surface area contributed by atoms with Crippen LogP contribution in [0.2, 0.25) is 5.02 Å². The van der Waals surface area contributed by atoms with E-state index in [-0.39, 0.29) is 18.1 Å². The highest BCUT2D eigenvalue weighted by molar-refractivity contribution is 7.92. The number of amides is 2. The van der Waals surface area contributed by atoms with E-state index >= 15 is 0 Å². The predicted octanol–water partition coefficient (Wildman–Crippen LogP) is 4.06. The van der Waals surface area contributed by atoms with Crippen molar-refractivity contribution < 1.29 is 22.7 Å². The highest BCUT2D eigenvalue weighted by Crippen LogP contribution is 2.26. The molecule has 8 nitrogen and oxygen atoms in total. The van der Waals surface area contributed by atoms with E-state index in [2.05, 4.69) is 5.32 Å². The van der Waals surface area contributed by atoms with Crippen molar-refractivity contribution in [2.24, 2.45) is 0 Å². The fraction of sp³-hybridized carbons (Fsp3) is 0.231. The normalized spacial score (nSPS) is 11.9. The zero-order chi connectivity index (χ0) is 26.3. The number of hydrogen-bond acceptors (Lipinski definition) is 5. The molecule has 0 saturated carbocycles. The minimum absolute atomic E-state index is 0.0363. The highest BCUT2D eigenvalue weighted by Gasteiger charge is 2.30. The molecule has 0 saturated heterocycles. The lowest BCUT2D eigenvalue weighted by Gasteiger charge is -2.31. The van der Waals surface area contributed by atoms with Crippen LogP contribution >= 0.6 is 11.6 Å². The van der Waals surface area contributed by atoms with Gasteiger partial charge in [-0.25, -0.2) is 8.42 Å². The lowest BCUT2D eigenvalue weighted by molar-refractivity contribution is -0.139. The van der Waals surface area contributed by atoms with Crippen LogP contribution in [-0.2, 0) is 26.2 Å². The highest BCUT2D eigenvalue weighted by atomic mass is 35.5. The van der Waals surface area contributed by atoms with Gasteiger partial charge in [0, 0.05) is 18.6 Å². The molecular weight excluding hydrogens is 502 g/mol. The van der Waals surface area contributed by atoms with Crippen LogP contribution in [0.25, 0.3) is 0 Å². The number of sulfonamides is 1. The third-order valence-corrected chi connectivity index (χ3v) is 7.00. The van der Waals surface area contributed by atoms with Gasteiger partial charge in [0.15, 0.2) is 0 Å². The van der Waals surface area contributed by atoms with Crippen molar-refractivity contribution in [1.82, 2.24) is 10.2 Å². The average molecular weight is 530 g/mol. The molecule has 0 spiro atoms. The van der Waals surface area contributed by atoms with E-state index in [1.54, 1.807) is 67.6 Å². The number of nitrogens with zero attached hydrogens (tertiary/aromatic N) is 2. The third kappa shape index (κ3) is 6.99. The summed E-state index contributed by atoms with van der Waals surface area (Å²) >= 11 is 6.28. The van der Waals surface area contributed by atoms with Crippen molar-refractivity contribution in [1.29, 1.82) is 0 Å². The number of anilines is 1. The summed E-state index contributed by atoms with van der Waals surface area (Å²) in [5.74, 6) is 0.210. The van der Waals surface area contributed by atoms with E-state index in [4.69, 9.17) is 16.3 Å². The predicted molar refractivity (Wildman–Crippen MR) is 141 cm³/mol. The number of carbonyl (C=O) groups excluding carboxylic acids is 2. The van der Waals surface area contributed by atoms with Crippen molar-refractivity contribution in [3.05, 3.63) is 89.4 Å². The second kappa shape index (κ2) is 11.9. The molecule has 0 aromatic heterocycles. The summed E-state index contributed by atoms with van der Waals surface area (Å²) in [5, 5.41) is 2.97. The molecule has 3 aromatic carbocycles. The Balaban J connectivity index is 1.86. The largest absolute Gasteiger partial charge is 0.457 e. The third-order valence-electron chi connectivity index (χ3n) is 5.50. The quantitative estimate of drug-likeness (QED) is 0.427. The number of rotatable bonds is 10. The van der Waals surface area contributed by atoms with Gasteiger partial charge in [-0.2, -0.15) is 0 Å². The maximum Gasteiger partial charge on any atom is 0.244 e.